The third-order valence-electron chi connectivity index (χ3n) is 4.84. The fourth-order valence-corrected chi connectivity index (χ4v) is 3.40. The Morgan fingerprint density at radius 3 is 2.30 bits per heavy atom. The fraction of sp³-hybridized carbons (Fsp3) is 0.400. The largest absolute Gasteiger partial charge is 0.493 e. The summed E-state index contributed by atoms with van der Waals surface area (Å²) < 4.78 is 16.2. The van der Waals surface area contributed by atoms with Crippen molar-refractivity contribution in [1.29, 1.82) is 0 Å². The van der Waals surface area contributed by atoms with Crippen LogP contribution in [0.15, 0.2) is 36.7 Å². The molecule has 2 aromatic rings. The Kier molecular flexibility index (Phi) is 6.13. The van der Waals surface area contributed by atoms with Crippen LogP contribution in [-0.2, 0) is 6.54 Å². The lowest BCUT2D eigenvalue weighted by Crippen LogP contribution is -3.13. The molecular weight excluding hydrogens is 346 g/mol. The summed E-state index contributed by atoms with van der Waals surface area (Å²) >= 11 is 0. The van der Waals surface area contributed by atoms with Crippen molar-refractivity contribution in [3.8, 4) is 17.2 Å². The Labute approximate surface area is 159 Å². The number of nitrogens with one attached hydrogen (secondary N) is 1. The quantitative estimate of drug-likeness (QED) is 0.807. The number of hydrogen-bond donors (Lipinski definition) is 1. The lowest BCUT2D eigenvalue weighted by atomic mass is 10.1. The van der Waals surface area contributed by atoms with Crippen LogP contribution >= 0.6 is 0 Å². The van der Waals surface area contributed by atoms with Crippen LogP contribution in [0.3, 0.4) is 0 Å². The molecule has 7 nitrogen and oxygen atoms in total. The SMILES string of the molecule is COc1cc(C[NH+]2CCN(C(=O)c3cccnc3)CC2)cc(OC)c1OC. The highest BCUT2D eigenvalue weighted by Crippen LogP contribution is 2.37. The van der Waals surface area contributed by atoms with Crippen LogP contribution in [0.25, 0.3) is 0 Å². The lowest BCUT2D eigenvalue weighted by Gasteiger charge is -2.32. The van der Waals surface area contributed by atoms with Gasteiger partial charge in [0.2, 0.25) is 5.75 Å². The number of hydrogen-bond acceptors (Lipinski definition) is 5. The number of rotatable bonds is 6. The molecule has 0 saturated carbocycles. The first kappa shape index (κ1) is 19.0. The number of ether oxygens (including phenoxy) is 3. The predicted octanol–water partition coefficient (Wildman–Crippen LogP) is 0.648. The zero-order valence-electron chi connectivity index (χ0n) is 16.0. The van der Waals surface area contributed by atoms with Crippen LogP contribution in [0.1, 0.15) is 15.9 Å². The van der Waals surface area contributed by atoms with Crippen molar-refractivity contribution in [2.75, 3.05) is 47.5 Å². The van der Waals surface area contributed by atoms with E-state index in [1.807, 2.05) is 23.1 Å². The number of piperazine rings is 1. The topological polar surface area (TPSA) is 65.3 Å². The molecule has 0 radical (unpaired) electrons. The maximum atomic E-state index is 12.5. The van der Waals surface area contributed by atoms with Crippen molar-refractivity contribution in [2.24, 2.45) is 0 Å². The van der Waals surface area contributed by atoms with Gasteiger partial charge in [-0.25, -0.2) is 0 Å². The van der Waals surface area contributed by atoms with E-state index in [1.54, 1.807) is 39.8 Å². The van der Waals surface area contributed by atoms with E-state index < -0.39 is 0 Å². The predicted molar refractivity (Wildman–Crippen MR) is 101 cm³/mol. The Hall–Kier alpha value is -2.80. The summed E-state index contributed by atoms with van der Waals surface area (Å²) in [5, 5.41) is 0. The van der Waals surface area contributed by atoms with Crippen molar-refractivity contribution in [3.63, 3.8) is 0 Å². The first-order chi connectivity index (χ1) is 13.2. The van der Waals surface area contributed by atoms with E-state index in [2.05, 4.69) is 4.98 Å². The van der Waals surface area contributed by atoms with E-state index >= 15 is 0 Å². The molecule has 0 atom stereocenters. The number of methoxy groups -OCH3 is 3. The molecule has 1 fully saturated rings. The van der Waals surface area contributed by atoms with E-state index in [0.29, 0.717) is 22.8 Å². The van der Waals surface area contributed by atoms with Gasteiger partial charge >= 0.3 is 0 Å². The molecule has 0 unspecified atom stereocenters. The molecule has 1 N–H and O–H groups in total. The Bertz CT molecular complexity index is 749. The van der Waals surface area contributed by atoms with Gasteiger partial charge in [-0.05, 0) is 24.3 Å². The Balaban J connectivity index is 1.63. The van der Waals surface area contributed by atoms with E-state index in [4.69, 9.17) is 14.2 Å². The summed E-state index contributed by atoms with van der Waals surface area (Å²) in [6, 6.07) is 7.58. The molecule has 0 aliphatic carbocycles. The smallest absolute Gasteiger partial charge is 0.255 e. The monoisotopic (exact) mass is 372 g/mol. The number of aromatic nitrogens is 1. The first-order valence-electron chi connectivity index (χ1n) is 8.98. The van der Waals surface area contributed by atoms with Gasteiger partial charge in [-0.2, -0.15) is 0 Å². The third kappa shape index (κ3) is 4.31. The lowest BCUT2D eigenvalue weighted by molar-refractivity contribution is -0.917. The van der Waals surface area contributed by atoms with Crippen molar-refractivity contribution in [1.82, 2.24) is 9.88 Å². The van der Waals surface area contributed by atoms with Crippen LogP contribution < -0.4 is 19.1 Å². The van der Waals surface area contributed by atoms with Crippen molar-refractivity contribution in [3.05, 3.63) is 47.8 Å². The van der Waals surface area contributed by atoms with E-state index in [9.17, 15) is 4.79 Å². The van der Waals surface area contributed by atoms with E-state index in [1.165, 1.54) is 4.90 Å². The van der Waals surface area contributed by atoms with Gasteiger partial charge in [-0.3, -0.25) is 9.78 Å². The van der Waals surface area contributed by atoms with Gasteiger partial charge in [-0.1, -0.05) is 0 Å². The van der Waals surface area contributed by atoms with Gasteiger partial charge in [0.15, 0.2) is 11.5 Å². The van der Waals surface area contributed by atoms with E-state index in [-0.39, 0.29) is 5.91 Å². The molecule has 1 aliphatic heterocycles. The summed E-state index contributed by atoms with van der Waals surface area (Å²) in [6.45, 7) is 4.08. The van der Waals surface area contributed by atoms with Gasteiger partial charge in [0.1, 0.15) is 6.54 Å². The van der Waals surface area contributed by atoms with Crippen molar-refractivity contribution >= 4 is 5.91 Å². The zero-order valence-corrected chi connectivity index (χ0v) is 16.0. The Morgan fingerprint density at radius 1 is 1.11 bits per heavy atom. The molecular formula is C20H26N3O4+. The normalized spacial score (nSPS) is 14.7. The van der Waals surface area contributed by atoms with Gasteiger partial charge in [0.05, 0.1) is 53.1 Å². The van der Waals surface area contributed by atoms with Gasteiger partial charge in [0.25, 0.3) is 5.91 Å². The molecule has 0 spiro atoms. The van der Waals surface area contributed by atoms with Gasteiger partial charge in [0, 0.05) is 18.0 Å². The number of amides is 1. The number of pyridine rings is 1. The average Bonchev–Trinajstić information content (AvgIpc) is 2.73. The molecule has 0 bridgehead atoms. The highest BCUT2D eigenvalue weighted by Gasteiger charge is 2.25. The van der Waals surface area contributed by atoms with Crippen LogP contribution in [0.4, 0.5) is 0 Å². The molecule has 1 aromatic carbocycles. The highest BCUT2D eigenvalue weighted by molar-refractivity contribution is 5.93. The van der Waals surface area contributed by atoms with Gasteiger partial charge < -0.3 is 24.0 Å². The molecule has 1 amide bonds. The van der Waals surface area contributed by atoms with Crippen LogP contribution in [0.2, 0.25) is 0 Å². The molecule has 3 rings (SSSR count). The van der Waals surface area contributed by atoms with Crippen molar-refractivity contribution in [2.45, 2.75) is 6.54 Å². The molecule has 1 saturated heterocycles. The van der Waals surface area contributed by atoms with Crippen molar-refractivity contribution < 1.29 is 23.9 Å². The summed E-state index contributed by atoms with van der Waals surface area (Å²) in [5.41, 5.74) is 1.76. The first-order valence-corrected chi connectivity index (χ1v) is 8.98. The second kappa shape index (κ2) is 8.73. The average molecular weight is 372 g/mol. The second-order valence-electron chi connectivity index (χ2n) is 6.49. The summed E-state index contributed by atoms with van der Waals surface area (Å²) in [4.78, 5) is 19.9. The standard InChI is InChI=1S/C20H25N3O4/c1-25-17-11-15(12-18(26-2)19(17)27-3)14-22-7-9-23(10-8-22)20(24)16-5-4-6-21-13-16/h4-6,11-13H,7-10,14H2,1-3H3/p+1. The molecule has 1 aromatic heterocycles. The molecule has 1 aliphatic rings. The fourth-order valence-electron chi connectivity index (χ4n) is 3.40. The Morgan fingerprint density at radius 2 is 1.78 bits per heavy atom. The number of nitrogens with zero attached hydrogens (tertiary/aromatic N) is 2. The minimum atomic E-state index is 0.0509. The summed E-state index contributed by atoms with van der Waals surface area (Å²) in [5.74, 6) is 1.98. The maximum absolute atomic E-state index is 12.5. The summed E-state index contributed by atoms with van der Waals surface area (Å²) in [7, 11) is 4.84. The minimum Gasteiger partial charge on any atom is -0.493 e. The minimum absolute atomic E-state index is 0.0509. The maximum Gasteiger partial charge on any atom is 0.255 e. The van der Waals surface area contributed by atoms with Crippen LogP contribution in [0.5, 0.6) is 17.2 Å². The highest BCUT2D eigenvalue weighted by atomic mass is 16.5. The molecule has 7 heteroatoms. The third-order valence-corrected chi connectivity index (χ3v) is 4.84. The molecule has 27 heavy (non-hydrogen) atoms. The zero-order chi connectivity index (χ0) is 19.2. The number of quaternary nitrogens is 1. The summed E-state index contributed by atoms with van der Waals surface area (Å²) in [6.07, 6.45) is 3.30. The number of benzene rings is 1. The van der Waals surface area contributed by atoms with E-state index in [0.717, 1.165) is 38.3 Å². The molecule has 2 heterocycles. The van der Waals surface area contributed by atoms with Gasteiger partial charge in [-0.15, -0.1) is 0 Å². The van der Waals surface area contributed by atoms with Crippen LogP contribution in [-0.4, -0.2) is 63.3 Å². The molecule has 144 valence electrons. The number of carbonyl (C=O) groups is 1. The number of carbonyl (C=O) groups excluding carboxylic acids is 1. The van der Waals surface area contributed by atoms with Crippen LogP contribution in [0, 0.1) is 0 Å². The second-order valence-corrected chi connectivity index (χ2v) is 6.49.